The molecule has 0 spiro atoms. The average molecular weight is 1060 g/mol. The molecule has 0 bridgehead atoms. The molecule has 19 nitrogen and oxygen atoms in total. The summed E-state index contributed by atoms with van der Waals surface area (Å²) < 4.78 is 71.4. The second kappa shape index (κ2) is 24.3. The minimum Gasteiger partial charge on any atom is -0.506 e. The highest BCUT2D eigenvalue weighted by Crippen LogP contribution is 2.37. The lowest BCUT2D eigenvalue weighted by Gasteiger charge is -2.34. The predicted octanol–water partition coefficient (Wildman–Crippen LogP) is 5.78. The Morgan fingerprint density at radius 1 is 0.608 bits per heavy atom. The van der Waals surface area contributed by atoms with Crippen molar-refractivity contribution < 1.29 is 70.5 Å². The van der Waals surface area contributed by atoms with Crippen molar-refractivity contribution in [2.24, 2.45) is 0 Å². The molecule has 2 saturated heterocycles. The molecule has 0 radical (unpaired) electrons. The van der Waals surface area contributed by atoms with E-state index in [9.17, 15) is 41.1 Å². The second-order valence-corrected chi connectivity index (χ2v) is 22.2. The van der Waals surface area contributed by atoms with E-state index in [1.165, 1.54) is 59.5 Å². The first-order valence-corrected chi connectivity index (χ1v) is 26.8. The number of ether oxygens (including phenoxy) is 4. The lowest BCUT2D eigenvalue weighted by molar-refractivity contribution is -0.135. The molecule has 2 aliphatic heterocycles. The van der Waals surface area contributed by atoms with E-state index < -0.39 is 46.9 Å². The number of carbonyl (C=O) groups excluding carboxylic acids is 4. The Kier molecular flexibility index (Phi) is 17.9. The second-order valence-electron chi connectivity index (χ2n) is 17.7. The first-order valence-electron chi connectivity index (χ1n) is 23.8. The van der Waals surface area contributed by atoms with Gasteiger partial charge in [0.2, 0.25) is 0 Å². The van der Waals surface area contributed by atoms with Crippen molar-refractivity contribution in [3.05, 3.63) is 139 Å². The summed E-state index contributed by atoms with van der Waals surface area (Å²) in [5, 5.41) is 35.0. The van der Waals surface area contributed by atoms with Crippen molar-refractivity contribution >= 4 is 64.8 Å². The van der Waals surface area contributed by atoms with Gasteiger partial charge in [-0.2, -0.15) is 0 Å². The number of carbonyl (C=O) groups is 4. The van der Waals surface area contributed by atoms with Gasteiger partial charge in [0, 0.05) is 57.5 Å². The van der Waals surface area contributed by atoms with Crippen LogP contribution in [0.4, 0.5) is 0 Å². The van der Waals surface area contributed by atoms with E-state index in [1.807, 2.05) is 54.6 Å². The third-order valence-corrected chi connectivity index (χ3v) is 18.2. The maximum Gasteiger partial charge on any atom is 0.265 e. The van der Waals surface area contributed by atoms with Gasteiger partial charge in [0.25, 0.3) is 23.6 Å². The number of benzene rings is 6. The summed E-state index contributed by atoms with van der Waals surface area (Å²) in [4.78, 5) is 51.5. The zero-order chi connectivity index (χ0) is 52.9. The van der Waals surface area contributed by atoms with Crippen molar-refractivity contribution in [1.82, 2.24) is 21.2 Å². The Balaban J connectivity index is 0.000000216. The number of phenolic OH excluding ortho intramolecular Hbond substituents is 1. The molecule has 74 heavy (non-hydrogen) atoms. The molecule has 0 aromatic heterocycles. The summed E-state index contributed by atoms with van der Waals surface area (Å²) in [6.07, 6.45) is 0.817. The number of sulfone groups is 2. The summed E-state index contributed by atoms with van der Waals surface area (Å²) >= 11 is 0. The van der Waals surface area contributed by atoms with Crippen LogP contribution in [-0.4, -0.2) is 130 Å². The smallest absolute Gasteiger partial charge is 0.265 e. The molecule has 0 unspecified atom stereocenters. The Morgan fingerprint density at radius 2 is 1.08 bits per heavy atom. The number of hydroxylamine groups is 2. The van der Waals surface area contributed by atoms with E-state index in [0.29, 0.717) is 55.0 Å². The van der Waals surface area contributed by atoms with E-state index in [2.05, 4.69) is 5.32 Å². The highest BCUT2D eigenvalue weighted by atomic mass is 32.2. The Morgan fingerprint density at radius 3 is 1.61 bits per heavy atom. The molecule has 0 atom stereocenters. The summed E-state index contributed by atoms with van der Waals surface area (Å²) in [5.41, 5.74) is 3.81. The van der Waals surface area contributed by atoms with Crippen LogP contribution >= 0.6 is 0 Å². The van der Waals surface area contributed by atoms with Crippen molar-refractivity contribution in [2.75, 3.05) is 59.8 Å². The summed E-state index contributed by atoms with van der Waals surface area (Å²) in [7, 11) is -6.46. The van der Waals surface area contributed by atoms with Gasteiger partial charge in [-0.15, -0.1) is 0 Å². The molecular formula is C53H58N4O15S2. The predicted molar refractivity (Wildman–Crippen MR) is 272 cm³/mol. The molecule has 2 aliphatic rings. The van der Waals surface area contributed by atoms with Crippen LogP contribution in [0.3, 0.4) is 0 Å². The normalized spacial score (nSPS) is 15.2. The Bertz CT molecular complexity index is 3180. The number of fused-ring (bicyclic) bond motifs is 2. The molecule has 8 rings (SSSR count). The molecule has 392 valence electrons. The van der Waals surface area contributed by atoms with E-state index in [-0.39, 0.29) is 85.7 Å². The standard InChI is InChI=1S/C27H30N2O7S.C26H28N2O8S/c1-29(25(30)22-8-7-20-5-2-3-6-21(20)19-22)15-4-16-36-23-9-11-24(12-10-23)37(33,34)27(26(31)28-32)13-17-35-18-14-27;29-23-21-5-2-1-4-18(21)6-11-22(23)24(30)27-14-3-15-36-19-7-9-20(10-8-19)37(33,34)26(25(31)28-32)12-16-35-17-13-26/h2-3,5-12,19,32H,4,13-18H2,1H3,(H,28,31);1-2,4-11,29,32H,3,12-17H2,(H,27,30)(H,28,31). The molecule has 4 amide bonds. The van der Waals surface area contributed by atoms with Gasteiger partial charge >= 0.3 is 0 Å². The van der Waals surface area contributed by atoms with E-state index in [4.69, 9.17) is 29.4 Å². The number of amides is 4. The fourth-order valence-corrected chi connectivity index (χ4v) is 12.7. The lowest BCUT2D eigenvalue weighted by atomic mass is 9.98. The van der Waals surface area contributed by atoms with Crippen LogP contribution in [0.15, 0.2) is 137 Å². The number of hydrogen-bond donors (Lipinski definition) is 6. The van der Waals surface area contributed by atoms with Crippen LogP contribution in [-0.2, 0) is 38.7 Å². The number of aromatic hydroxyl groups is 1. The third-order valence-electron chi connectivity index (χ3n) is 13.2. The molecule has 21 heteroatoms. The molecule has 2 heterocycles. The van der Waals surface area contributed by atoms with E-state index >= 15 is 0 Å². The largest absolute Gasteiger partial charge is 0.506 e. The molecule has 6 N–H and O–H groups in total. The number of nitrogens with one attached hydrogen (secondary N) is 3. The first-order chi connectivity index (χ1) is 35.6. The minimum atomic E-state index is -4.11. The van der Waals surface area contributed by atoms with Gasteiger partial charge in [-0.1, -0.05) is 60.7 Å². The molecule has 0 saturated carbocycles. The fraction of sp³-hybridized carbons (Fsp3) is 0.321. The number of nitrogens with zero attached hydrogens (tertiary/aromatic N) is 1. The molecule has 2 fully saturated rings. The van der Waals surface area contributed by atoms with Crippen molar-refractivity contribution in [2.45, 2.75) is 57.8 Å². The zero-order valence-corrected chi connectivity index (χ0v) is 42.2. The minimum absolute atomic E-state index is 0.0361. The highest BCUT2D eigenvalue weighted by molar-refractivity contribution is 7.94. The SMILES string of the molecule is CN(CCCOc1ccc(S(=O)(=O)C2(C(=O)NO)CCOCC2)cc1)C(=O)c1ccc2ccccc2c1.O=C(NCCCOc1ccc(S(=O)(=O)C2(C(=O)NO)CCOCC2)cc1)c1ccc2ccccc2c1O. The summed E-state index contributed by atoms with van der Waals surface area (Å²) in [6.45, 7) is 1.75. The maximum atomic E-state index is 13.3. The maximum absolute atomic E-state index is 13.3. The van der Waals surface area contributed by atoms with Crippen LogP contribution in [0.1, 0.15) is 59.2 Å². The monoisotopic (exact) mass is 1050 g/mol. The van der Waals surface area contributed by atoms with Crippen LogP contribution in [0.25, 0.3) is 21.5 Å². The first kappa shape index (κ1) is 54.6. The molecular weight excluding hydrogens is 997 g/mol. The van der Waals surface area contributed by atoms with Gasteiger partial charge in [0.1, 0.15) is 17.2 Å². The van der Waals surface area contributed by atoms with Gasteiger partial charge in [0.05, 0.1) is 28.6 Å². The van der Waals surface area contributed by atoms with Crippen molar-refractivity contribution in [3.8, 4) is 17.2 Å². The summed E-state index contributed by atoms with van der Waals surface area (Å²) in [5.74, 6) is -1.59. The lowest BCUT2D eigenvalue weighted by Crippen LogP contribution is -2.54. The average Bonchev–Trinajstić information content (AvgIpc) is 3.44. The Hall–Kier alpha value is -7.14. The molecule has 0 aliphatic carbocycles. The zero-order valence-electron chi connectivity index (χ0n) is 40.5. The number of rotatable bonds is 18. The Labute approximate surface area is 428 Å². The highest BCUT2D eigenvalue weighted by Gasteiger charge is 2.53. The topological polar surface area (TPSA) is 273 Å². The summed E-state index contributed by atoms with van der Waals surface area (Å²) in [6, 6.07) is 35.6. The molecule has 6 aromatic rings. The van der Waals surface area contributed by atoms with Crippen molar-refractivity contribution in [3.63, 3.8) is 0 Å². The van der Waals surface area contributed by atoms with Gasteiger partial charge < -0.3 is 34.3 Å². The van der Waals surface area contributed by atoms with Crippen LogP contribution in [0.2, 0.25) is 0 Å². The number of phenols is 1. The van der Waals surface area contributed by atoms with Crippen molar-refractivity contribution in [1.29, 1.82) is 0 Å². The molecule has 6 aromatic carbocycles. The third kappa shape index (κ3) is 11.8. The number of hydrogen-bond acceptors (Lipinski definition) is 15. The van der Waals surface area contributed by atoms with Gasteiger partial charge in [-0.3, -0.25) is 29.6 Å². The van der Waals surface area contributed by atoms with E-state index in [1.54, 1.807) is 36.2 Å². The van der Waals surface area contributed by atoms with Crippen LogP contribution in [0.5, 0.6) is 17.2 Å². The quantitative estimate of drug-likeness (QED) is 0.0338. The van der Waals surface area contributed by atoms with Gasteiger partial charge in [-0.25, -0.2) is 27.8 Å². The van der Waals surface area contributed by atoms with Crippen LogP contribution in [0, 0.1) is 0 Å². The van der Waals surface area contributed by atoms with Gasteiger partial charge in [0.15, 0.2) is 29.2 Å². The fourth-order valence-electron chi connectivity index (χ4n) is 8.86. The van der Waals surface area contributed by atoms with Gasteiger partial charge in [-0.05, 0) is 121 Å². The van der Waals surface area contributed by atoms with E-state index in [0.717, 1.165) is 16.2 Å². The van der Waals surface area contributed by atoms with Crippen LogP contribution < -0.4 is 25.8 Å².